The lowest BCUT2D eigenvalue weighted by molar-refractivity contribution is 0.193. The summed E-state index contributed by atoms with van der Waals surface area (Å²) in [4.78, 5) is 5.67. The Labute approximate surface area is 85.7 Å². The molecule has 5 heteroatoms. The minimum Gasteiger partial charge on any atom is -0.369 e. The average molecular weight is 199 g/mol. The van der Waals surface area contributed by atoms with Gasteiger partial charge < -0.3 is 16.4 Å². The molecule has 0 saturated carbocycles. The Morgan fingerprint density at radius 2 is 1.71 bits per heavy atom. The number of hydrogen-bond donors (Lipinski definition) is 3. The van der Waals surface area contributed by atoms with Crippen molar-refractivity contribution in [3.05, 3.63) is 0 Å². The molecule has 0 aliphatic heterocycles. The van der Waals surface area contributed by atoms with Crippen LogP contribution in [0.15, 0.2) is 4.99 Å². The summed E-state index contributed by atoms with van der Waals surface area (Å²) in [6.07, 6.45) is 0. The molecular weight excluding hydrogens is 178 g/mol. The first kappa shape index (κ1) is 12.7. The van der Waals surface area contributed by atoms with E-state index < -0.39 is 0 Å². The van der Waals surface area contributed by atoms with Gasteiger partial charge in [0.25, 0.3) is 0 Å². The predicted molar refractivity (Wildman–Crippen MR) is 60.3 cm³/mol. The Hall–Kier alpha value is -1.26. The van der Waals surface area contributed by atoms with Crippen molar-refractivity contribution in [2.45, 2.75) is 46.2 Å². The standard InChI is InChI=1S/C9H21N5/c1-6(2)14(9(3,4)5)8(12)13-7(10)11/h6H,1-5H3,(H5,10,11,12,13). The van der Waals surface area contributed by atoms with Crippen molar-refractivity contribution in [1.29, 1.82) is 5.41 Å². The van der Waals surface area contributed by atoms with Gasteiger partial charge in [0.1, 0.15) is 0 Å². The van der Waals surface area contributed by atoms with Gasteiger partial charge in [-0.1, -0.05) is 0 Å². The van der Waals surface area contributed by atoms with Crippen LogP contribution in [0.4, 0.5) is 0 Å². The van der Waals surface area contributed by atoms with Gasteiger partial charge >= 0.3 is 0 Å². The maximum Gasteiger partial charge on any atom is 0.215 e. The van der Waals surface area contributed by atoms with E-state index in [-0.39, 0.29) is 17.5 Å². The van der Waals surface area contributed by atoms with Crippen molar-refractivity contribution in [2.75, 3.05) is 0 Å². The highest BCUT2D eigenvalue weighted by atomic mass is 15.3. The number of aliphatic imine (C=N–C) groups is 1. The third-order valence-corrected chi connectivity index (χ3v) is 1.72. The van der Waals surface area contributed by atoms with E-state index in [1.165, 1.54) is 0 Å². The highest BCUT2D eigenvalue weighted by molar-refractivity contribution is 5.92. The fourth-order valence-corrected chi connectivity index (χ4v) is 1.56. The summed E-state index contributed by atoms with van der Waals surface area (Å²) in [7, 11) is 0. The third-order valence-electron chi connectivity index (χ3n) is 1.72. The van der Waals surface area contributed by atoms with Gasteiger partial charge in [-0.15, -0.1) is 0 Å². The molecule has 0 radical (unpaired) electrons. The number of nitrogens with one attached hydrogen (secondary N) is 1. The summed E-state index contributed by atoms with van der Waals surface area (Å²) in [6.45, 7) is 10.2. The van der Waals surface area contributed by atoms with E-state index >= 15 is 0 Å². The van der Waals surface area contributed by atoms with Crippen LogP contribution in [0.3, 0.4) is 0 Å². The van der Waals surface area contributed by atoms with Crippen LogP contribution in [-0.2, 0) is 0 Å². The fraction of sp³-hybridized carbons (Fsp3) is 0.778. The van der Waals surface area contributed by atoms with Crippen molar-refractivity contribution >= 4 is 11.9 Å². The molecule has 0 rings (SSSR count). The van der Waals surface area contributed by atoms with E-state index in [1.807, 2.05) is 39.5 Å². The van der Waals surface area contributed by atoms with Gasteiger partial charge in [-0.25, -0.2) is 0 Å². The van der Waals surface area contributed by atoms with Gasteiger partial charge in [-0.2, -0.15) is 4.99 Å². The Bertz CT molecular complexity index is 236. The lowest BCUT2D eigenvalue weighted by atomic mass is 10.0. The summed E-state index contributed by atoms with van der Waals surface area (Å²) in [5.74, 6) is 0.0254. The lowest BCUT2D eigenvalue weighted by Crippen LogP contribution is -2.53. The molecule has 0 saturated heterocycles. The molecule has 0 amide bonds. The van der Waals surface area contributed by atoms with Crippen LogP contribution in [0.1, 0.15) is 34.6 Å². The zero-order valence-electron chi connectivity index (χ0n) is 9.63. The normalized spacial score (nSPS) is 13.1. The lowest BCUT2D eigenvalue weighted by Gasteiger charge is -2.39. The minimum atomic E-state index is -0.266. The molecule has 14 heavy (non-hydrogen) atoms. The molecule has 0 spiro atoms. The van der Waals surface area contributed by atoms with Crippen molar-refractivity contribution in [1.82, 2.24) is 4.90 Å². The first-order valence-electron chi connectivity index (χ1n) is 4.63. The minimum absolute atomic E-state index is 0.128. The van der Waals surface area contributed by atoms with Gasteiger partial charge in [0, 0.05) is 11.6 Å². The Morgan fingerprint density at radius 3 is 1.93 bits per heavy atom. The molecule has 0 aromatic heterocycles. The zero-order chi connectivity index (χ0) is 11.5. The van der Waals surface area contributed by atoms with Crippen LogP contribution >= 0.6 is 0 Å². The van der Waals surface area contributed by atoms with E-state index in [4.69, 9.17) is 16.9 Å². The Balaban J connectivity index is 4.95. The van der Waals surface area contributed by atoms with Crippen molar-refractivity contribution in [2.24, 2.45) is 16.5 Å². The number of hydrogen-bond acceptors (Lipinski definition) is 1. The maximum atomic E-state index is 7.05. The molecule has 0 heterocycles. The second-order valence-electron chi connectivity index (χ2n) is 4.49. The number of rotatable bonds is 1. The molecule has 82 valence electrons. The largest absolute Gasteiger partial charge is 0.369 e. The Morgan fingerprint density at radius 1 is 1.29 bits per heavy atom. The fourth-order valence-electron chi connectivity index (χ4n) is 1.56. The number of guanidine groups is 2. The monoisotopic (exact) mass is 199 g/mol. The van der Waals surface area contributed by atoms with Crippen molar-refractivity contribution in [3.63, 3.8) is 0 Å². The first-order chi connectivity index (χ1) is 6.16. The van der Waals surface area contributed by atoms with E-state index in [0.717, 1.165) is 0 Å². The van der Waals surface area contributed by atoms with Crippen LogP contribution in [0.25, 0.3) is 0 Å². The summed E-state index contributed by atoms with van der Waals surface area (Å²) < 4.78 is 0. The van der Waals surface area contributed by atoms with E-state index in [1.54, 1.807) is 0 Å². The number of nitrogens with two attached hydrogens (primary N) is 2. The molecule has 0 atom stereocenters. The molecule has 5 N–H and O–H groups in total. The van der Waals surface area contributed by atoms with Crippen molar-refractivity contribution < 1.29 is 0 Å². The second-order valence-corrected chi connectivity index (χ2v) is 4.49. The summed E-state index contributed by atoms with van der Waals surface area (Å²) >= 11 is 0. The van der Waals surface area contributed by atoms with Gasteiger partial charge in [0.2, 0.25) is 5.96 Å². The van der Waals surface area contributed by atoms with Crippen molar-refractivity contribution in [3.8, 4) is 0 Å². The highest BCUT2D eigenvalue weighted by Crippen LogP contribution is 2.16. The summed E-state index contributed by atoms with van der Waals surface area (Å²) in [6, 6.07) is 0.220. The van der Waals surface area contributed by atoms with Crippen LogP contribution in [0.5, 0.6) is 0 Å². The molecule has 0 aromatic rings. The smallest absolute Gasteiger partial charge is 0.215 e. The zero-order valence-corrected chi connectivity index (χ0v) is 9.63. The predicted octanol–water partition coefficient (Wildman–Crippen LogP) is 0.703. The molecule has 0 fully saturated rings. The molecular formula is C9H21N5. The molecule has 0 unspecified atom stereocenters. The molecule has 5 nitrogen and oxygen atoms in total. The number of nitrogens with zero attached hydrogens (tertiary/aromatic N) is 2. The highest BCUT2D eigenvalue weighted by Gasteiger charge is 2.25. The quantitative estimate of drug-likeness (QED) is 0.429. The first-order valence-corrected chi connectivity index (χ1v) is 4.63. The SMILES string of the molecule is CC(C)N(C(N)=NC(=N)N)C(C)(C)C. The van der Waals surface area contributed by atoms with Gasteiger partial charge in [-0.3, -0.25) is 5.41 Å². The Kier molecular flexibility index (Phi) is 3.92. The van der Waals surface area contributed by atoms with Crippen LogP contribution in [0, 0.1) is 5.41 Å². The second kappa shape index (κ2) is 4.30. The van der Waals surface area contributed by atoms with Gasteiger partial charge in [0.05, 0.1) is 0 Å². The van der Waals surface area contributed by atoms with Crippen LogP contribution in [-0.4, -0.2) is 28.4 Å². The molecule has 0 aliphatic rings. The van der Waals surface area contributed by atoms with E-state index in [0.29, 0.717) is 5.96 Å². The summed E-state index contributed by atoms with van der Waals surface area (Å²) in [5, 5.41) is 7.05. The van der Waals surface area contributed by atoms with Crippen LogP contribution in [0.2, 0.25) is 0 Å². The van der Waals surface area contributed by atoms with E-state index in [2.05, 4.69) is 4.99 Å². The third kappa shape index (κ3) is 3.64. The topological polar surface area (TPSA) is 91.5 Å². The molecule has 0 aliphatic carbocycles. The molecule has 0 aromatic carbocycles. The summed E-state index contributed by atoms with van der Waals surface area (Å²) in [5.41, 5.74) is 10.8. The van der Waals surface area contributed by atoms with Gasteiger partial charge in [-0.05, 0) is 34.6 Å². The van der Waals surface area contributed by atoms with Gasteiger partial charge in [0.15, 0.2) is 5.96 Å². The van der Waals surface area contributed by atoms with Crippen LogP contribution < -0.4 is 11.5 Å². The average Bonchev–Trinajstić information content (AvgIpc) is 1.78. The van der Waals surface area contributed by atoms with E-state index in [9.17, 15) is 0 Å². The maximum absolute atomic E-state index is 7.05. The molecule has 0 bridgehead atoms.